The summed E-state index contributed by atoms with van der Waals surface area (Å²) in [7, 11) is 0. The van der Waals surface area contributed by atoms with Crippen LogP contribution in [0.4, 0.5) is 0 Å². The number of carbonyl (C=O) groups is 3. The molecule has 2 bridgehead atoms. The van der Waals surface area contributed by atoms with E-state index in [-0.39, 0.29) is 11.7 Å². The third kappa shape index (κ3) is 2.27. The quantitative estimate of drug-likeness (QED) is 0.299. The van der Waals surface area contributed by atoms with Gasteiger partial charge in [-0.3, -0.25) is 14.9 Å². The van der Waals surface area contributed by atoms with E-state index in [1.54, 1.807) is 0 Å². The zero-order valence-electron chi connectivity index (χ0n) is 20.1. The molecule has 3 N–H and O–H groups in total. The van der Waals surface area contributed by atoms with Gasteiger partial charge in [-0.05, 0) is 18.6 Å². The van der Waals surface area contributed by atoms with E-state index in [1.165, 1.54) is 10.9 Å². The molecule has 0 spiro atoms. The number of aromatic carboxylic acids is 1. The van der Waals surface area contributed by atoms with Crippen LogP contribution in [0.5, 0.6) is 0 Å². The maximum Gasteiger partial charge on any atom is 0.358 e. The molecule has 3 aliphatic rings. The minimum absolute atomic E-state index is 0.203. The van der Waals surface area contributed by atoms with Crippen molar-refractivity contribution in [1.29, 1.82) is 0 Å². The van der Waals surface area contributed by atoms with Crippen LogP contribution in [0.3, 0.4) is 0 Å². The number of hydrogen-bond donors (Lipinski definition) is 3. The van der Waals surface area contributed by atoms with Crippen LogP contribution in [0.2, 0.25) is 0 Å². The van der Waals surface area contributed by atoms with Crippen LogP contribution in [0, 0.1) is 0 Å². The molecule has 1 saturated carbocycles. The lowest BCUT2D eigenvalue weighted by Gasteiger charge is -2.27. The minimum Gasteiger partial charge on any atom is -0.476 e. The number of aromatic nitrogens is 5. The average Bonchev–Trinajstić information content (AvgIpc) is 3.70. The summed E-state index contributed by atoms with van der Waals surface area (Å²) < 4.78 is 5.72. The van der Waals surface area contributed by atoms with Crippen molar-refractivity contribution in [3.8, 4) is 0 Å². The molecule has 6 aromatic rings. The largest absolute Gasteiger partial charge is 0.476 e. The van der Waals surface area contributed by atoms with Crippen LogP contribution >= 0.6 is 0 Å². The Bertz CT molecular complexity index is 2150. The van der Waals surface area contributed by atoms with Gasteiger partial charge in [0.2, 0.25) is 0 Å². The number of rotatable bonds is 2. The highest BCUT2D eigenvalue weighted by atomic mass is 16.4. The van der Waals surface area contributed by atoms with Gasteiger partial charge in [-0.15, -0.1) is 5.10 Å². The molecule has 1 fully saturated rings. The number of amides is 2. The summed E-state index contributed by atoms with van der Waals surface area (Å²) in [5.74, 6) is -2.05. The van der Waals surface area contributed by atoms with Crippen molar-refractivity contribution in [2.75, 3.05) is 0 Å². The van der Waals surface area contributed by atoms with Gasteiger partial charge in [0.1, 0.15) is 6.04 Å². The number of nitrogens with one attached hydrogen (secondary N) is 1. The lowest BCUT2D eigenvalue weighted by molar-refractivity contribution is 0.0688. The van der Waals surface area contributed by atoms with Gasteiger partial charge in [0, 0.05) is 32.6 Å². The third-order valence-corrected chi connectivity index (χ3v) is 8.80. The lowest BCUT2D eigenvalue weighted by Crippen LogP contribution is -2.30. The number of aliphatic hydroxyl groups is 1. The first-order chi connectivity index (χ1) is 19.0. The molecule has 0 saturated heterocycles. The van der Waals surface area contributed by atoms with Gasteiger partial charge >= 0.3 is 5.97 Å². The molecular weight excluding hydrogens is 500 g/mol. The Balaban J connectivity index is 1.53. The topological polar surface area (TPSA) is 144 Å². The van der Waals surface area contributed by atoms with Crippen LogP contribution in [-0.4, -0.2) is 58.2 Å². The number of aliphatic hydroxyl groups excluding tert-OH is 1. The molecule has 1 aliphatic carbocycles. The lowest BCUT2D eigenvalue weighted by atomic mass is 9.96. The second-order valence-electron chi connectivity index (χ2n) is 10.5. The summed E-state index contributed by atoms with van der Waals surface area (Å²) in [6, 6.07) is 14.1. The minimum atomic E-state index is -1.20. The normalized spacial score (nSPS) is 23.4. The highest BCUT2D eigenvalue weighted by Gasteiger charge is 2.51. The Hall–Kier alpha value is -5.03. The van der Waals surface area contributed by atoms with Gasteiger partial charge in [-0.1, -0.05) is 41.6 Å². The molecule has 2 aliphatic heterocycles. The van der Waals surface area contributed by atoms with Crippen LogP contribution < -0.4 is 5.32 Å². The highest BCUT2D eigenvalue weighted by Crippen LogP contribution is 2.56. The Morgan fingerprint density at radius 3 is 2.00 bits per heavy atom. The van der Waals surface area contributed by atoms with Gasteiger partial charge in [-0.25, -0.2) is 9.48 Å². The van der Waals surface area contributed by atoms with Crippen LogP contribution in [-0.2, 0) is 0 Å². The number of nitrogens with zero attached hydrogens (tertiary/aromatic N) is 5. The third-order valence-electron chi connectivity index (χ3n) is 8.80. The summed E-state index contributed by atoms with van der Waals surface area (Å²) in [4.78, 5) is 38.2. The first kappa shape index (κ1) is 21.0. The van der Waals surface area contributed by atoms with Gasteiger partial charge in [0.05, 0.1) is 46.5 Å². The molecule has 2 unspecified atom stereocenters. The van der Waals surface area contributed by atoms with Gasteiger partial charge in [-0.2, -0.15) is 0 Å². The number of fused-ring (bicyclic) bond motifs is 13. The molecule has 4 atom stereocenters. The van der Waals surface area contributed by atoms with Crippen LogP contribution in [0.15, 0.2) is 54.7 Å². The number of carboxylic acids is 1. The number of imide groups is 1. The van der Waals surface area contributed by atoms with Gasteiger partial charge in [0.25, 0.3) is 11.8 Å². The molecule has 2 amide bonds. The summed E-state index contributed by atoms with van der Waals surface area (Å²) in [6.07, 6.45) is 0.940. The summed E-state index contributed by atoms with van der Waals surface area (Å²) >= 11 is 0. The second-order valence-corrected chi connectivity index (χ2v) is 10.5. The number of carboxylic acid groups (broad SMARTS) is 1. The highest BCUT2D eigenvalue weighted by molar-refractivity contribution is 6.39. The zero-order valence-corrected chi connectivity index (χ0v) is 20.1. The molecule has 11 nitrogen and oxygen atoms in total. The Morgan fingerprint density at radius 1 is 0.872 bits per heavy atom. The molecular formula is C28H18N6O5. The molecule has 9 rings (SSSR count). The fourth-order valence-corrected chi connectivity index (χ4v) is 7.47. The number of benzene rings is 3. The Kier molecular flexibility index (Phi) is 3.60. The summed E-state index contributed by atoms with van der Waals surface area (Å²) in [6.45, 7) is 0. The van der Waals surface area contributed by atoms with E-state index in [9.17, 15) is 24.6 Å². The van der Waals surface area contributed by atoms with Gasteiger partial charge < -0.3 is 19.3 Å². The average molecular weight is 518 g/mol. The van der Waals surface area contributed by atoms with Crippen LogP contribution in [0.25, 0.3) is 43.6 Å². The fourth-order valence-electron chi connectivity index (χ4n) is 7.47. The molecule has 3 aromatic heterocycles. The fraction of sp³-hybridized carbons (Fsp3) is 0.179. The predicted molar refractivity (Wildman–Crippen MR) is 139 cm³/mol. The summed E-state index contributed by atoms with van der Waals surface area (Å²) in [5, 5.41) is 34.9. The first-order valence-corrected chi connectivity index (χ1v) is 12.7. The van der Waals surface area contributed by atoms with Crippen molar-refractivity contribution in [2.24, 2.45) is 0 Å². The second kappa shape index (κ2) is 6.69. The SMILES string of the molecule is O=C(O)c1cn([C@@H]2C3CC([C@H]2O)n2c4ccccc4c4c5c(c6c7ccccc7n3c6c42)C(=O)NC5=O)nn1. The maximum atomic E-state index is 13.3. The van der Waals surface area contributed by atoms with E-state index < -0.39 is 36.0 Å². The maximum absolute atomic E-state index is 13.3. The summed E-state index contributed by atoms with van der Waals surface area (Å²) in [5.41, 5.74) is 3.85. The van der Waals surface area contributed by atoms with E-state index in [0.29, 0.717) is 28.3 Å². The predicted octanol–water partition coefficient (Wildman–Crippen LogP) is 3.18. The molecule has 3 aromatic carbocycles. The Labute approximate surface area is 217 Å². The van der Waals surface area contributed by atoms with Crippen molar-refractivity contribution < 1.29 is 24.6 Å². The van der Waals surface area contributed by atoms with E-state index in [0.717, 1.165) is 32.8 Å². The molecule has 0 radical (unpaired) electrons. The zero-order chi connectivity index (χ0) is 26.3. The van der Waals surface area contributed by atoms with Crippen LogP contribution in [0.1, 0.15) is 55.8 Å². The number of hydrogen-bond acceptors (Lipinski definition) is 6. The molecule has 39 heavy (non-hydrogen) atoms. The monoisotopic (exact) mass is 518 g/mol. The molecule has 190 valence electrons. The molecule has 5 heterocycles. The van der Waals surface area contributed by atoms with Crippen molar-refractivity contribution in [3.63, 3.8) is 0 Å². The van der Waals surface area contributed by atoms with Crippen molar-refractivity contribution in [2.45, 2.75) is 30.7 Å². The van der Waals surface area contributed by atoms with Gasteiger partial charge in [0.15, 0.2) is 5.69 Å². The van der Waals surface area contributed by atoms with E-state index in [1.807, 2.05) is 48.5 Å². The van der Waals surface area contributed by atoms with Crippen molar-refractivity contribution in [3.05, 3.63) is 71.5 Å². The number of para-hydroxylation sites is 2. The first-order valence-electron chi connectivity index (χ1n) is 12.7. The van der Waals surface area contributed by atoms with Crippen molar-refractivity contribution >= 4 is 61.4 Å². The van der Waals surface area contributed by atoms with E-state index >= 15 is 0 Å². The van der Waals surface area contributed by atoms with E-state index in [4.69, 9.17) is 0 Å². The van der Waals surface area contributed by atoms with E-state index in [2.05, 4.69) is 24.8 Å². The van der Waals surface area contributed by atoms with Crippen molar-refractivity contribution in [1.82, 2.24) is 29.4 Å². The smallest absolute Gasteiger partial charge is 0.358 e. The Morgan fingerprint density at radius 2 is 1.44 bits per heavy atom. The number of carbonyl (C=O) groups excluding carboxylic acids is 2. The standard InChI is InChI=1S/C28H18N6O5/c35-25-17-9-16(22(25)32-10-13(28(38)39)30-31-32)33-14-7-3-1-5-11(14)18-20-21(27(37)29-26(20)36)19-12-6-2-4-8-15(12)34(17)24(19)23(18)33/h1-8,10,16-17,22,25,35H,9H2,(H,38,39)(H,29,36,37)/t16?,17?,22-,25-/m1/s1. The molecule has 11 heteroatoms.